The summed E-state index contributed by atoms with van der Waals surface area (Å²) in [5.74, 6) is 1.04. The summed E-state index contributed by atoms with van der Waals surface area (Å²) >= 11 is 0. The van der Waals surface area contributed by atoms with Crippen molar-refractivity contribution in [1.82, 2.24) is 10.4 Å². The smallest absolute Gasteiger partial charge is 0.272 e. The van der Waals surface area contributed by atoms with Crippen LogP contribution in [0, 0.1) is 0 Å². The number of carbonyl (C=O) groups is 1. The predicted octanol–water partition coefficient (Wildman–Crippen LogP) is 4.10. The SMILES string of the molecule is O=C(NN=Cc1ccc2c(c1)OCO2)c1cc(-c2ccccc2O)nc2ccccc12. The number of ether oxygens (including phenoxy) is 2. The Hall–Kier alpha value is -4.39. The minimum absolute atomic E-state index is 0.0949. The van der Waals surface area contributed by atoms with Gasteiger partial charge in [0.2, 0.25) is 6.79 Å². The summed E-state index contributed by atoms with van der Waals surface area (Å²) in [4.78, 5) is 17.6. The Labute approximate surface area is 177 Å². The van der Waals surface area contributed by atoms with Gasteiger partial charge in [0, 0.05) is 10.9 Å². The van der Waals surface area contributed by atoms with Gasteiger partial charge in [-0.05, 0) is 48.0 Å². The molecular formula is C24H17N3O4. The van der Waals surface area contributed by atoms with Crippen molar-refractivity contribution in [2.24, 2.45) is 5.10 Å². The van der Waals surface area contributed by atoms with Crippen molar-refractivity contribution < 1.29 is 19.4 Å². The third-order valence-corrected chi connectivity index (χ3v) is 4.92. The maximum absolute atomic E-state index is 12.9. The van der Waals surface area contributed by atoms with E-state index in [1.54, 1.807) is 42.5 Å². The number of para-hydroxylation sites is 2. The van der Waals surface area contributed by atoms with Crippen molar-refractivity contribution in [2.45, 2.75) is 0 Å². The summed E-state index contributed by atoms with van der Waals surface area (Å²) in [6.07, 6.45) is 1.53. The van der Waals surface area contributed by atoms with Crippen molar-refractivity contribution >= 4 is 23.0 Å². The monoisotopic (exact) mass is 411 g/mol. The topological polar surface area (TPSA) is 93.0 Å². The minimum atomic E-state index is -0.382. The summed E-state index contributed by atoms with van der Waals surface area (Å²) in [6, 6.07) is 21.3. The van der Waals surface area contributed by atoms with Gasteiger partial charge in [0.15, 0.2) is 11.5 Å². The molecule has 4 aromatic rings. The van der Waals surface area contributed by atoms with Crippen LogP contribution in [-0.2, 0) is 0 Å². The third-order valence-electron chi connectivity index (χ3n) is 4.92. The van der Waals surface area contributed by atoms with E-state index < -0.39 is 0 Å². The Morgan fingerprint density at radius 2 is 1.81 bits per heavy atom. The van der Waals surface area contributed by atoms with Crippen LogP contribution in [0.2, 0.25) is 0 Å². The third kappa shape index (κ3) is 3.64. The maximum atomic E-state index is 12.9. The number of hydrazone groups is 1. The molecule has 1 aliphatic rings. The molecule has 0 atom stereocenters. The molecule has 3 aromatic carbocycles. The second kappa shape index (κ2) is 7.79. The van der Waals surface area contributed by atoms with Gasteiger partial charge in [0.25, 0.3) is 5.91 Å². The predicted molar refractivity (Wildman–Crippen MR) is 116 cm³/mol. The summed E-state index contributed by atoms with van der Waals surface area (Å²) in [5, 5.41) is 15.0. The van der Waals surface area contributed by atoms with E-state index in [9.17, 15) is 9.90 Å². The number of carbonyl (C=O) groups excluding carboxylic acids is 1. The lowest BCUT2D eigenvalue weighted by Crippen LogP contribution is -2.18. The molecule has 7 nitrogen and oxygen atoms in total. The molecule has 1 aliphatic heterocycles. The normalized spacial score (nSPS) is 12.4. The molecule has 152 valence electrons. The molecule has 0 saturated heterocycles. The van der Waals surface area contributed by atoms with Crippen LogP contribution in [0.5, 0.6) is 17.2 Å². The number of fused-ring (bicyclic) bond motifs is 2. The van der Waals surface area contributed by atoms with E-state index in [-0.39, 0.29) is 18.4 Å². The van der Waals surface area contributed by atoms with Gasteiger partial charge in [0.1, 0.15) is 5.75 Å². The van der Waals surface area contributed by atoms with E-state index in [0.717, 1.165) is 5.56 Å². The summed E-state index contributed by atoms with van der Waals surface area (Å²) in [7, 11) is 0. The molecule has 0 radical (unpaired) electrons. The Bertz CT molecular complexity index is 1330. The molecule has 7 heteroatoms. The number of aromatic nitrogens is 1. The second-order valence-electron chi connectivity index (χ2n) is 6.90. The minimum Gasteiger partial charge on any atom is -0.507 e. The van der Waals surface area contributed by atoms with Gasteiger partial charge in [-0.3, -0.25) is 4.79 Å². The fourth-order valence-corrected chi connectivity index (χ4v) is 3.41. The summed E-state index contributed by atoms with van der Waals surface area (Å²) in [6.45, 7) is 0.196. The number of aromatic hydroxyl groups is 1. The van der Waals surface area contributed by atoms with Gasteiger partial charge in [0.05, 0.1) is 23.0 Å². The van der Waals surface area contributed by atoms with Crippen molar-refractivity contribution in [3.8, 4) is 28.5 Å². The first kappa shape index (κ1) is 18.6. The first-order chi connectivity index (χ1) is 15.2. The van der Waals surface area contributed by atoms with E-state index in [1.807, 2.05) is 30.3 Å². The second-order valence-corrected chi connectivity index (χ2v) is 6.90. The van der Waals surface area contributed by atoms with E-state index in [2.05, 4.69) is 15.5 Å². The number of rotatable bonds is 4. The van der Waals surface area contributed by atoms with Crippen LogP contribution < -0.4 is 14.9 Å². The number of nitrogens with one attached hydrogen (secondary N) is 1. The zero-order valence-electron chi connectivity index (χ0n) is 16.3. The van der Waals surface area contributed by atoms with Crippen molar-refractivity contribution in [1.29, 1.82) is 0 Å². The van der Waals surface area contributed by atoms with Gasteiger partial charge >= 0.3 is 0 Å². The number of hydrogen-bond donors (Lipinski definition) is 2. The number of phenolic OH excluding ortho intramolecular Hbond substituents is 1. The number of pyridine rings is 1. The fourth-order valence-electron chi connectivity index (χ4n) is 3.41. The lowest BCUT2D eigenvalue weighted by molar-refractivity contribution is 0.0956. The van der Waals surface area contributed by atoms with Crippen molar-refractivity contribution in [2.75, 3.05) is 6.79 Å². The van der Waals surface area contributed by atoms with Gasteiger partial charge in [-0.1, -0.05) is 30.3 Å². The van der Waals surface area contributed by atoms with E-state index in [4.69, 9.17) is 9.47 Å². The number of nitrogens with zero attached hydrogens (tertiary/aromatic N) is 2. The molecule has 0 spiro atoms. The summed E-state index contributed by atoms with van der Waals surface area (Å²) in [5.41, 5.74) is 5.44. The van der Waals surface area contributed by atoms with E-state index in [1.165, 1.54) is 6.21 Å². The molecule has 1 amide bonds. The molecule has 0 unspecified atom stereocenters. The highest BCUT2D eigenvalue weighted by Crippen LogP contribution is 2.32. The molecular weight excluding hydrogens is 394 g/mol. The first-order valence-corrected chi connectivity index (χ1v) is 9.60. The molecule has 2 heterocycles. The van der Waals surface area contributed by atoms with Crippen molar-refractivity contribution in [3.63, 3.8) is 0 Å². The van der Waals surface area contributed by atoms with Gasteiger partial charge in [-0.25, -0.2) is 10.4 Å². The Morgan fingerprint density at radius 1 is 1.00 bits per heavy atom. The summed E-state index contributed by atoms with van der Waals surface area (Å²) < 4.78 is 10.6. The van der Waals surface area contributed by atoms with E-state index in [0.29, 0.717) is 39.2 Å². The molecule has 2 N–H and O–H groups in total. The molecule has 0 aliphatic carbocycles. The maximum Gasteiger partial charge on any atom is 0.272 e. The van der Waals surface area contributed by atoms with Crippen LogP contribution in [0.15, 0.2) is 77.9 Å². The molecule has 1 aromatic heterocycles. The number of phenols is 1. The van der Waals surface area contributed by atoms with E-state index >= 15 is 0 Å². The van der Waals surface area contributed by atoms with Gasteiger partial charge in [-0.15, -0.1) is 0 Å². The molecule has 0 bridgehead atoms. The molecule has 31 heavy (non-hydrogen) atoms. The highest BCUT2D eigenvalue weighted by molar-refractivity contribution is 6.07. The quantitative estimate of drug-likeness (QED) is 0.390. The molecule has 0 fully saturated rings. The van der Waals surface area contributed by atoms with Crippen LogP contribution in [0.1, 0.15) is 15.9 Å². The van der Waals surface area contributed by atoms with Gasteiger partial charge < -0.3 is 14.6 Å². The van der Waals surface area contributed by atoms with Crippen LogP contribution in [-0.4, -0.2) is 29.0 Å². The highest BCUT2D eigenvalue weighted by atomic mass is 16.7. The fraction of sp³-hybridized carbons (Fsp3) is 0.0417. The lowest BCUT2D eigenvalue weighted by Gasteiger charge is -2.10. The van der Waals surface area contributed by atoms with Crippen molar-refractivity contribution in [3.05, 3.63) is 83.9 Å². The number of amides is 1. The Balaban J connectivity index is 1.46. The number of hydrogen-bond acceptors (Lipinski definition) is 6. The average Bonchev–Trinajstić information content (AvgIpc) is 3.26. The van der Waals surface area contributed by atoms with Gasteiger partial charge in [-0.2, -0.15) is 5.10 Å². The first-order valence-electron chi connectivity index (χ1n) is 9.60. The molecule has 0 saturated carbocycles. The Morgan fingerprint density at radius 3 is 2.71 bits per heavy atom. The van der Waals surface area contributed by atoms with Crippen LogP contribution in [0.3, 0.4) is 0 Å². The highest BCUT2D eigenvalue weighted by Gasteiger charge is 2.15. The number of benzene rings is 3. The van der Waals surface area contributed by atoms with Crippen LogP contribution in [0.25, 0.3) is 22.2 Å². The molecule has 5 rings (SSSR count). The average molecular weight is 411 g/mol. The lowest BCUT2D eigenvalue weighted by atomic mass is 10.0. The standard InChI is InChI=1S/C24H17N3O4/c28-21-8-4-2-6-17(21)20-12-18(16-5-1-3-7-19(16)26-20)24(29)27-25-13-15-9-10-22-23(11-15)31-14-30-22/h1-13,28H,14H2,(H,27,29). The zero-order chi connectivity index (χ0) is 21.2. The van der Waals surface area contributed by atoms with Crippen LogP contribution >= 0.6 is 0 Å². The van der Waals surface area contributed by atoms with Crippen LogP contribution in [0.4, 0.5) is 0 Å². The largest absolute Gasteiger partial charge is 0.507 e. The zero-order valence-corrected chi connectivity index (χ0v) is 16.3. The Kier molecular flexibility index (Phi) is 4.68.